The van der Waals surface area contributed by atoms with Gasteiger partial charge in [-0.05, 0) is 36.2 Å². The van der Waals surface area contributed by atoms with Gasteiger partial charge in [0.05, 0.1) is 0 Å². The van der Waals surface area contributed by atoms with Crippen LogP contribution in [0.4, 0.5) is 0 Å². The maximum atomic E-state index is 14.0. The lowest BCUT2D eigenvalue weighted by molar-refractivity contribution is 0.302. The highest BCUT2D eigenvalue weighted by molar-refractivity contribution is 7.68. The van der Waals surface area contributed by atoms with Crippen molar-refractivity contribution in [2.75, 3.05) is 6.61 Å². The Balaban J connectivity index is 2.00. The second kappa shape index (κ2) is 7.29. The van der Waals surface area contributed by atoms with E-state index >= 15 is 0 Å². The predicted octanol–water partition coefficient (Wildman–Crippen LogP) is 5.52. The molecule has 0 amide bonds. The molecule has 3 heteroatoms. The van der Waals surface area contributed by atoms with Crippen molar-refractivity contribution in [3.63, 3.8) is 0 Å². The van der Waals surface area contributed by atoms with Crippen LogP contribution in [0.2, 0.25) is 0 Å². The summed E-state index contributed by atoms with van der Waals surface area (Å²) in [6.07, 6.45) is 4.36. The van der Waals surface area contributed by atoms with Crippen molar-refractivity contribution in [1.82, 2.24) is 0 Å². The van der Waals surface area contributed by atoms with E-state index in [9.17, 15) is 4.57 Å². The quantitative estimate of drug-likeness (QED) is 0.734. The van der Waals surface area contributed by atoms with Crippen LogP contribution in [0.25, 0.3) is 0 Å². The van der Waals surface area contributed by atoms with E-state index in [0.29, 0.717) is 6.42 Å². The summed E-state index contributed by atoms with van der Waals surface area (Å²) in [5, 5.41) is 9.05. The van der Waals surface area contributed by atoms with E-state index in [-0.39, 0.29) is 17.9 Å². The minimum atomic E-state index is -2.56. The number of rotatable bonds is 5. The third-order valence-electron chi connectivity index (χ3n) is 4.69. The lowest BCUT2D eigenvalue weighted by Crippen LogP contribution is -1.97. The van der Waals surface area contributed by atoms with Crippen molar-refractivity contribution in [3.8, 4) is 0 Å². The van der Waals surface area contributed by atoms with Gasteiger partial charge in [0, 0.05) is 17.9 Å². The van der Waals surface area contributed by atoms with E-state index in [1.54, 1.807) is 0 Å². The minimum Gasteiger partial charge on any atom is -0.396 e. The monoisotopic (exact) mass is 326 g/mol. The van der Waals surface area contributed by atoms with Crippen LogP contribution in [0.1, 0.15) is 41.7 Å². The predicted molar refractivity (Wildman–Crippen MR) is 96.0 cm³/mol. The highest BCUT2D eigenvalue weighted by Crippen LogP contribution is 2.77. The van der Waals surface area contributed by atoms with Gasteiger partial charge in [-0.3, -0.25) is 0 Å². The summed E-state index contributed by atoms with van der Waals surface area (Å²) < 4.78 is 14.0. The molecule has 1 aliphatic heterocycles. The smallest absolute Gasteiger partial charge is 0.122 e. The molecule has 0 saturated carbocycles. The first-order chi connectivity index (χ1) is 11.3. The molecule has 2 nitrogen and oxygen atoms in total. The van der Waals surface area contributed by atoms with Gasteiger partial charge < -0.3 is 9.67 Å². The van der Waals surface area contributed by atoms with Gasteiger partial charge in [0.25, 0.3) is 0 Å². The SMILES string of the molecule is O=P1(/C=C/CCO)[C@@H](c2ccccc2)CC[C@@H]1c1ccccc1. The molecule has 2 atom stereocenters. The first kappa shape index (κ1) is 16.2. The standard InChI is InChI=1S/C20H23O2P/c21-15-7-8-16-23(22)19(17-9-3-1-4-10-17)13-14-20(23)18-11-5-2-6-12-18/h1-6,8-12,16,19-21H,7,13-15H2/b16-8+/t19-,20-/m1/s1. The zero-order valence-electron chi connectivity index (χ0n) is 13.2. The van der Waals surface area contributed by atoms with Crippen molar-refractivity contribution < 1.29 is 9.67 Å². The molecule has 3 rings (SSSR count). The fraction of sp³-hybridized carbons (Fsp3) is 0.300. The maximum Gasteiger partial charge on any atom is 0.122 e. The average molecular weight is 326 g/mol. The molecule has 2 aromatic rings. The van der Waals surface area contributed by atoms with Gasteiger partial charge in [-0.25, -0.2) is 0 Å². The highest BCUT2D eigenvalue weighted by atomic mass is 31.2. The lowest BCUT2D eigenvalue weighted by Gasteiger charge is -2.24. The van der Waals surface area contributed by atoms with Crippen LogP contribution in [0.5, 0.6) is 0 Å². The lowest BCUT2D eigenvalue weighted by atomic mass is 10.0. The van der Waals surface area contributed by atoms with Gasteiger partial charge in [-0.1, -0.05) is 66.7 Å². The Morgan fingerprint density at radius 2 is 1.39 bits per heavy atom. The first-order valence-electron chi connectivity index (χ1n) is 8.23. The third-order valence-corrected chi connectivity index (χ3v) is 8.43. The van der Waals surface area contributed by atoms with Crippen LogP contribution < -0.4 is 0 Å². The Hall–Kier alpha value is -1.63. The Morgan fingerprint density at radius 1 is 0.913 bits per heavy atom. The molecule has 1 aliphatic rings. The van der Waals surface area contributed by atoms with Crippen LogP contribution in [0.3, 0.4) is 0 Å². The normalized spacial score (nSPS) is 23.3. The van der Waals surface area contributed by atoms with Gasteiger partial charge in [-0.15, -0.1) is 0 Å². The number of aliphatic hydroxyl groups is 1. The van der Waals surface area contributed by atoms with E-state index in [1.165, 1.54) is 11.1 Å². The maximum absolute atomic E-state index is 14.0. The molecule has 0 aromatic heterocycles. The summed E-state index contributed by atoms with van der Waals surface area (Å²) in [6, 6.07) is 20.4. The summed E-state index contributed by atoms with van der Waals surface area (Å²) in [5.41, 5.74) is 2.51. The molecule has 0 aliphatic carbocycles. The van der Waals surface area contributed by atoms with Crippen LogP contribution in [0, 0.1) is 0 Å². The first-order valence-corrected chi connectivity index (χ1v) is 10.1. The van der Waals surface area contributed by atoms with Crippen molar-refractivity contribution in [3.05, 3.63) is 83.7 Å². The highest BCUT2D eigenvalue weighted by Gasteiger charge is 2.45. The molecule has 1 heterocycles. The second-order valence-electron chi connectivity index (χ2n) is 6.09. The Morgan fingerprint density at radius 3 is 1.83 bits per heavy atom. The summed E-state index contributed by atoms with van der Waals surface area (Å²) >= 11 is 0. The molecule has 0 radical (unpaired) electrons. The van der Waals surface area contributed by atoms with Crippen molar-refractivity contribution in [2.45, 2.75) is 30.6 Å². The Labute approximate surface area is 138 Å². The van der Waals surface area contributed by atoms with E-state index in [2.05, 4.69) is 24.3 Å². The van der Waals surface area contributed by atoms with Crippen molar-refractivity contribution >= 4 is 7.14 Å². The topological polar surface area (TPSA) is 37.3 Å². The number of hydrogen-bond acceptors (Lipinski definition) is 2. The van der Waals surface area contributed by atoms with Crippen LogP contribution in [0.15, 0.2) is 72.6 Å². The zero-order chi connectivity index (χ0) is 16.1. The van der Waals surface area contributed by atoms with Gasteiger partial charge in [0.2, 0.25) is 0 Å². The molecule has 120 valence electrons. The molecule has 23 heavy (non-hydrogen) atoms. The van der Waals surface area contributed by atoms with Crippen LogP contribution in [-0.4, -0.2) is 11.7 Å². The molecule has 0 spiro atoms. The van der Waals surface area contributed by atoms with Gasteiger partial charge in [0.1, 0.15) is 7.14 Å². The molecule has 1 fully saturated rings. The van der Waals surface area contributed by atoms with E-state index in [0.717, 1.165) is 12.8 Å². The minimum absolute atomic E-state index is 0.0869. The van der Waals surface area contributed by atoms with E-state index in [4.69, 9.17) is 5.11 Å². The summed E-state index contributed by atoms with van der Waals surface area (Å²) in [6.45, 7) is 0.0997. The average Bonchev–Trinajstić information content (AvgIpc) is 2.94. The molecular formula is C20H23O2P. The van der Waals surface area contributed by atoms with Gasteiger partial charge >= 0.3 is 0 Å². The molecule has 0 unspecified atom stereocenters. The zero-order valence-corrected chi connectivity index (χ0v) is 14.1. The number of benzene rings is 2. The molecule has 2 aromatic carbocycles. The summed E-state index contributed by atoms with van der Waals surface area (Å²) in [5.74, 6) is 1.92. The van der Waals surface area contributed by atoms with E-state index < -0.39 is 7.14 Å². The van der Waals surface area contributed by atoms with Crippen LogP contribution in [-0.2, 0) is 4.57 Å². The van der Waals surface area contributed by atoms with Crippen LogP contribution >= 0.6 is 7.14 Å². The largest absolute Gasteiger partial charge is 0.396 e. The Bertz CT molecular complexity index is 643. The summed E-state index contributed by atoms with van der Waals surface area (Å²) in [4.78, 5) is 0. The van der Waals surface area contributed by atoms with E-state index in [1.807, 2.05) is 48.3 Å². The third kappa shape index (κ3) is 3.34. The number of aliphatic hydroxyl groups excluding tert-OH is 1. The Kier molecular flexibility index (Phi) is 5.15. The molecular weight excluding hydrogens is 303 g/mol. The van der Waals surface area contributed by atoms with Gasteiger partial charge in [-0.2, -0.15) is 0 Å². The molecule has 1 saturated heterocycles. The fourth-order valence-electron chi connectivity index (χ4n) is 3.61. The van der Waals surface area contributed by atoms with Gasteiger partial charge in [0.15, 0.2) is 0 Å². The van der Waals surface area contributed by atoms with Crippen molar-refractivity contribution in [1.29, 1.82) is 0 Å². The number of hydrogen-bond donors (Lipinski definition) is 1. The molecule has 1 N–H and O–H groups in total. The van der Waals surface area contributed by atoms with Crippen molar-refractivity contribution in [2.24, 2.45) is 0 Å². The molecule has 0 bridgehead atoms. The fourth-order valence-corrected chi connectivity index (χ4v) is 7.32. The summed E-state index contributed by atoms with van der Waals surface area (Å²) in [7, 11) is -2.56. The second-order valence-corrected chi connectivity index (χ2v) is 9.16.